The van der Waals surface area contributed by atoms with Crippen LogP contribution in [0.5, 0.6) is 23.0 Å². The quantitative estimate of drug-likeness (QED) is 0.166. The summed E-state index contributed by atoms with van der Waals surface area (Å²) in [7, 11) is 0. The topological polar surface area (TPSA) is 24.9 Å². The maximum atomic E-state index is 14.1. The van der Waals surface area contributed by atoms with Crippen LogP contribution in [0.15, 0.2) is 152 Å². The van der Waals surface area contributed by atoms with Gasteiger partial charge >= 0.3 is 12.4 Å². The third-order valence-electron chi connectivity index (χ3n) is 10.4. The predicted octanol–water partition coefficient (Wildman–Crippen LogP) is 15.5. The molecule has 10 heteroatoms. The first kappa shape index (κ1) is 36.9. The molecule has 0 aliphatic carbocycles. The highest BCUT2D eigenvalue weighted by molar-refractivity contribution is 6.04. The van der Waals surface area contributed by atoms with Crippen LogP contribution in [0.3, 0.4) is 0 Å². The van der Waals surface area contributed by atoms with Crippen LogP contribution >= 0.6 is 0 Å². The second-order valence-corrected chi connectivity index (χ2v) is 15.2. The van der Waals surface area contributed by atoms with Gasteiger partial charge in [-0.15, -0.1) is 0 Å². The zero-order valence-electron chi connectivity index (χ0n) is 31.4. The summed E-state index contributed by atoms with van der Waals surface area (Å²) in [5.41, 5.74) is 4.44. The fraction of sp³-hybridized carbons (Fsp3) is 0.125. The van der Waals surface area contributed by atoms with Gasteiger partial charge in [-0.05, 0) is 101 Å². The lowest BCUT2D eigenvalue weighted by atomic mass is 9.75. The summed E-state index contributed by atoms with van der Waals surface area (Å²) < 4.78 is 97.3. The molecule has 0 bridgehead atoms. The molecule has 7 aromatic carbocycles. The van der Waals surface area contributed by atoms with Crippen LogP contribution in [0.1, 0.15) is 37.5 Å². The number of rotatable bonds is 4. The molecule has 0 N–H and O–H groups in total. The lowest BCUT2D eigenvalue weighted by Gasteiger charge is -2.40. The second kappa shape index (κ2) is 13.5. The fourth-order valence-corrected chi connectivity index (χ4v) is 7.92. The average Bonchev–Trinajstić information content (AvgIpc) is 3.20. The molecule has 2 aliphatic heterocycles. The van der Waals surface area contributed by atoms with E-state index < -0.39 is 28.9 Å². The summed E-state index contributed by atoms with van der Waals surface area (Å²) in [6.45, 7) is 6.00. The van der Waals surface area contributed by atoms with Crippen LogP contribution in [0, 0.1) is 0 Å². The number of hydrogen-bond donors (Lipinski definition) is 0. The van der Waals surface area contributed by atoms with Crippen LogP contribution in [-0.2, 0) is 17.8 Å². The fourth-order valence-electron chi connectivity index (χ4n) is 7.92. The Morgan fingerprint density at radius 1 is 0.379 bits per heavy atom. The molecule has 9 rings (SSSR count). The van der Waals surface area contributed by atoms with E-state index in [1.165, 1.54) is 24.3 Å². The Bertz CT molecular complexity index is 2430. The smallest absolute Gasteiger partial charge is 0.416 e. The molecule has 290 valence electrons. The molecule has 4 nitrogen and oxygen atoms in total. The number of anilines is 6. The van der Waals surface area contributed by atoms with Crippen molar-refractivity contribution < 1.29 is 35.8 Å². The van der Waals surface area contributed by atoms with Crippen molar-refractivity contribution in [3.63, 3.8) is 0 Å². The van der Waals surface area contributed by atoms with E-state index >= 15 is 0 Å². The summed E-state index contributed by atoms with van der Waals surface area (Å²) >= 11 is 0. The van der Waals surface area contributed by atoms with Crippen molar-refractivity contribution in [1.82, 2.24) is 0 Å². The molecule has 0 amide bonds. The van der Waals surface area contributed by atoms with Gasteiger partial charge in [0.25, 0.3) is 0 Å². The van der Waals surface area contributed by atoms with Gasteiger partial charge in [0.15, 0.2) is 23.0 Å². The Kier molecular flexibility index (Phi) is 8.58. The van der Waals surface area contributed by atoms with Crippen molar-refractivity contribution in [2.24, 2.45) is 0 Å². The normalized spacial score (nSPS) is 13.5. The molecule has 7 aromatic rings. The number of nitrogens with zero attached hydrogens (tertiary/aromatic N) is 2. The first-order chi connectivity index (χ1) is 27.7. The van der Waals surface area contributed by atoms with E-state index in [0.29, 0.717) is 84.9 Å². The maximum Gasteiger partial charge on any atom is 0.416 e. The number of halogens is 6. The molecule has 2 aliphatic rings. The number of alkyl halides is 6. The molecular formula is C48H34F6N2O2. The van der Waals surface area contributed by atoms with E-state index in [1.54, 1.807) is 0 Å². The number of fused-ring (bicyclic) bond motifs is 4. The van der Waals surface area contributed by atoms with Crippen molar-refractivity contribution in [2.75, 3.05) is 9.80 Å². The summed E-state index contributed by atoms with van der Waals surface area (Å²) in [6.07, 6.45) is -9.16. The van der Waals surface area contributed by atoms with E-state index in [9.17, 15) is 26.3 Å². The van der Waals surface area contributed by atoms with Crippen LogP contribution < -0.4 is 19.3 Å². The molecule has 2 heterocycles. The van der Waals surface area contributed by atoms with Gasteiger partial charge in [0.05, 0.1) is 45.3 Å². The maximum absolute atomic E-state index is 14.1. The standard InChI is InChI=1S/C48H34F6N2O2/c1-46(2,3)45-43(29-20-24-31(25-21-29)47(49,50)51)37(55-33-12-4-8-16-39(33)57-40-17-9-5-13-34(40)55)28-38(44(45)30-22-26-32(27-23-30)48(52,53)54)56-35-14-6-10-18-41(35)58-42-19-11-7-15-36(42)56/h4-28H,1-3H3. The van der Waals surface area contributed by atoms with Crippen LogP contribution in [0.2, 0.25) is 0 Å². The summed E-state index contributed by atoms with van der Waals surface area (Å²) in [5.74, 6) is 2.25. The van der Waals surface area contributed by atoms with Crippen LogP contribution in [0.4, 0.5) is 60.5 Å². The molecule has 0 saturated carbocycles. The number of ether oxygens (including phenoxy) is 2. The molecule has 0 unspecified atom stereocenters. The highest BCUT2D eigenvalue weighted by Crippen LogP contribution is 2.60. The first-order valence-electron chi connectivity index (χ1n) is 18.6. The Hall–Kier alpha value is -6.68. The molecular weight excluding hydrogens is 751 g/mol. The summed E-state index contributed by atoms with van der Waals surface area (Å²) in [6, 6.07) is 42.2. The number of para-hydroxylation sites is 8. The van der Waals surface area contributed by atoms with Crippen LogP contribution in [-0.4, -0.2) is 0 Å². The molecule has 0 atom stereocenters. The SMILES string of the molecule is CC(C)(C)c1c(-c2ccc(C(F)(F)F)cc2)c(N2c3ccccc3Oc3ccccc32)cc(N2c3ccccc3Oc3ccccc32)c1-c1ccc(C(F)(F)F)cc1. The minimum atomic E-state index is -4.58. The van der Waals surface area contributed by atoms with E-state index in [2.05, 4.69) is 9.80 Å². The lowest BCUT2D eigenvalue weighted by Crippen LogP contribution is -2.24. The Morgan fingerprint density at radius 3 is 0.948 bits per heavy atom. The monoisotopic (exact) mass is 784 g/mol. The van der Waals surface area contributed by atoms with Gasteiger partial charge in [0, 0.05) is 11.1 Å². The molecule has 0 saturated heterocycles. The van der Waals surface area contributed by atoms with Gasteiger partial charge in [-0.3, -0.25) is 0 Å². The lowest BCUT2D eigenvalue weighted by molar-refractivity contribution is -0.138. The predicted molar refractivity (Wildman–Crippen MR) is 216 cm³/mol. The summed E-state index contributed by atoms with van der Waals surface area (Å²) in [5, 5.41) is 0. The molecule has 0 radical (unpaired) electrons. The Morgan fingerprint density at radius 2 is 0.672 bits per heavy atom. The van der Waals surface area contributed by atoms with Crippen molar-refractivity contribution in [3.05, 3.63) is 168 Å². The molecule has 58 heavy (non-hydrogen) atoms. The number of hydrogen-bond acceptors (Lipinski definition) is 4. The summed E-state index contributed by atoms with van der Waals surface area (Å²) in [4.78, 5) is 4.10. The first-order valence-corrected chi connectivity index (χ1v) is 18.6. The van der Waals surface area contributed by atoms with Crippen molar-refractivity contribution in [2.45, 2.75) is 38.5 Å². The zero-order chi connectivity index (χ0) is 40.6. The molecule has 0 aromatic heterocycles. The van der Waals surface area contributed by atoms with Crippen molar-refractivity contribution in [1.29, 1.82) is 0 Å². The Labute approximate surface area is 331 Å². The third kappa shape index (κ3) is 6.29. The minimum absolute atomic E-state index is 0.483. The second-order valence-electron chi connectivity index (χ2n) is 15.2. The van der Waals surface area contributed by atoms with Gasteiger partial charge in [-0.25, -0.2) is 0 Å². The molecule has 0 spiro atoms. The highest BCUT2D eigenvalue weighted by Gasteiger charge is 2.38. The van der Waals surface area contributed by atoms with E-state index in [-0.39, 0.29) is 0 Å². The Balaban J connectivity index is 1.48. The van der Waals surface area contributed by atoms with Crippen molar-refractivity contribution >= 4 is 34.1 Å². The van der Waals surface area contributed by atoms with Gasteiger partial charge in [-0.2, -0.15) is 26.3 Å². The van der Waals surface area contributed by atoms with E-state index in [0.717, 1.165) is 24.3 Å². The minimum Gasteiger partial charge on any atom is -0.453 e. The highest BCUT2D eigenvalue weighted by atomic mass is 19.4. The van der Waals surface area contributed by atoms with Crippen LogP contribution in [0.25, 0.3) is 22.3 Å². The van der Waals surface area contributed by atoms with Gasteiger partial charge in [-0.1, -0.05) is 93.6 Å². The number of benzene rings is 7. The third-order valence-corrected chi connectivity index (χ3v) is 10.4. The largest absolute Gasteiger partial charge is 0.453 e. The van der Waals surface area contributed by atoms with Gasteiger partial charge < -0.3 is 19.3 Å². The van der Waals surface area contributed by atoms with E-state index in [1.807, 2.05) is 124 Å². The van der Waals surface area contributed by atoms with E-state index in [4.69, 9.17) is 9.47 Å². The van der Waals surface area contributed by atoms with Crippen molar-refractivity contribution in [3.8, 4) is 45.3 Å². The van der Waals surface area contributed by atoms with Gasteiger partial charge in [0.1, 0.15) is 0 Å². The molecule has 0 fully saturated rings. The van der Waals surface area contributed by atoms with Gasteiger partial charge in [0.2, 0.25) is 0 Å². The average molecular weight is 785 g/mol. The zero-order valence-corrected chi connectivity index (χ0v) is 31.4.